The quantitative estimate of drug-likeness (QED) is 0.192. The van der Waals surface area contributed by atoms with E-state index in [2.05, 4.69) is 92.8 Å². The van der Waals surface area contributed by atoms with Gasteiger partial charge in [0.25, 0.3) is 0 Å². The summed E-state index contributed by atoms with van der Waals surface area (Å²) in [5.41, 5.74) is 4.31. The first kappa shape index (κ1) is 31.1. The standard InChI is InChI=1S/C16H22O.C9H13.C2H7Si.Ti/c1-13(2)11-14(16(3,4)5)12-17-15-9-7-6-8-10-15;1-9(2,3)8-6-4-5-7-8;1-3-2;/h6-12H,1-5H3;6-7H,4H2,1-3H3;3H,1-2H3;/q;-1;;. The molecule has 0 saturated heterocycles. The van der Waals surface area contributed by atoms with Crippen LogP contribution in [0.3, 0.4) is 0 Å². The van der Waals surface area contributed by atoms with Gasteiger partial charge in [0.15, 0.2) is 0 Å². The predicted molar refractivity (Wildman–Crippen MR) is 133 cm³/mol. The minimum Gasteiger partial charge on any atom is -0.465 e. The number of hydrogen-bond acceptors (Lipinski definition) is 1. The molecule has 1 aliphatic carbocycles. The van der Waals surface area contributed by atoms with Crippen LogP contribution in [0.15, 0.2) is 71.5 Å². The zero-order chi connectivity index (χ0) is 22.5. The average Bonchev–Trinajstić information content (AvgIpc) is 3.14. The Bertz CT molecular complexity index is 695. The molecule has 3 heteroatoms. The van der Waals surface area contributed by atoms with Gasteiger partial charge in [-0.15, -0.1) is 6.42 Å². The molecule has 0 amide bonds. The van der Waals surface area contributed by atoms with Gasteiger partial charge >= 0.3 is 0 Å². The second kappa shape index (κ2) is 15.7. The van der Waals surface area contributed by atoms with Crippen molar-refractivity contribution < 1.29 is 26.5 Å². The van der Waals surface area contributed by atoms with Gasteiger partial charge in [-0.25, -0.2) is 6.08 Å². The summed E-state index contributed by atoms with van der Waals surface area (Å²) in [7, 11) is 0.750. The van der Waals surface area contributed by atoms with E-state index in [1.165, 1.54) is 16.7 Å². The molecule has 0 aromatic heterocycles. The molecule has 1 aromatic rings. The minimum atomic E-state index is 0. The van der Waals surface area contributed by atoms with Crippen molar-refractivity contribution in [1.29, 1.82) is 0 Å². The van der Waals surface area contributed by atoms with Crippen molar-refractivity contribution in [1.82, 2.24) is 0 Å². The van der Waals surface area contributed by atoms with Crippen LogP contribution in [0.1, 0.15) is 61.8 Å². The Morgan fingerprint density at radius 3 is 1.87 bits per heavy atom. The number of rotatable bonds is 3. The van der Waals surface area contributed by atoms with Crippen LogP contribution in [0.2, 0.25) is 13.1 Å². The van der Waals surface area contributed by atoms with Crippen molar-refractivity contribution in [2.24, 2.45) is 10.8 Å². The number of allylic oxidation sites excluding steroid dienone is 7. The normalized spacial score (nSPS) is 13.0. The van der Waals surface area contributed by atoms with Crippen LogP contribution in [-0.4, -0.2) is 9.52 Å². The van der Waals surface area contributed by atoms with Gasteiger partial charge in [0.05, 0.1) is 6.26 Å². The first-order valence-corrected chi connectivity index (χ1v) is 12.8. The van der Waals surface area contributed by atoms with Gasteiger partial charge in [0, 0.05) is 31.2 Å². The molecular formula is C27H42OSiTi-. The maximum absolute atomic E-state index is 5.69. The summed E-state index contributed by atoms with van der Waals surface area (Å²) >= 11 is 0. The molecule has 1 aromatic carbocycles. The van der Waals surface area contributed by atoms with Crippen LogP contribution >= 0.6 is 0 Å². The van der Waals surface area contributed by atoms with E-state index in [-0.39, 0.29) is 27.1 Å². The molecule has 1 radical (unpaired) electrons. The van der Waals surface area contributed by atoms with E-state index in [1.54, 1.807) is 0 Å². The molecule has 0 spiro atoms. The van der Waals surface area contributed by atoms with Gasteiger partial charge in [-0.3, -0.25) is 6.08 Å². The molecule has 30 heavy (non-hydrogen) atoms. The molecule has 0 unspecified atom stereocenters. The fourth-order valence-electron chi connectivity index (χ4n) is 2.29. The van der Waals surface area contributed by atoms with Crippen LogP contribution in [0, 0.1) is 16.9 Å². The van der Waals surface area contributed by atoms with E-state index in [0.717, 1.165) is 21.7 Å². The third-order valence-electron chi connectivity index (χ3n) is 3.94. The second-order valence-corrected chi connectivity index (χ2v) is 10.7. The zero-order valence-corrected chi connectivity index (χ0v) is 23.6. The van der Waals surface area contributed by atoms with Crippen molar-refractivity contribution in [2.75, 3.05) is 0 Å². The minimum absolute atomic E-state index is 0. The fraction of sp³-hybridized carbons (Fsp3) is 0.481. The predicted octanol–water partition coefficient (Wildman–Crippen LogP) is 8.20. The van der Waals surface area contributed by atoms with Crippen molar-refractivity contribution in [3.63, 3.8) is 0 Å². The summed E-state index contributed by atoms with van der Waals surface area (Å²) in [4.78, 5) is 0. The molecular weight excluding hydrogens is 416 g/mol. The third kappa shape index (κ3) is 14.8. The Morgan fingerprint density at radius 2 is 1.53 bits per heavy atom. The molecule has 1 aliphatic rings. The summed E-state index contributed by atoms with van der Waals surface area (Å²) in [5, 5.41) is 0. The van der Waals surface area contributed by atoms with Gasteiger partial charge in [-0.1, -0.05) is 89.9 Å². The van der Waals surface area contributed by atoms with Crippen molar-refractivity contribution in [2.45, 2.75) is 74.9 Å². The molecule has 1 nitrogen and oxygen atoms in total. The maximum atomic E-state index is 5.69. The molecule has 0 heterocycles. The Kier molecular flexibility index (Phi) is 16.2. The number of hydrogen-bond donors (Lipinski definition) is 0. The summed E-state index contributed by atoms with van der Waals surface area (Å²) < 4.78 is 5.69. The summed E-state index contributed by atoms with van der Waals surface area (Å²) in [5.74, 6) is 0.872. The number of ether oxygens (including phenoxy) is 1. The SMILES string of the molecule is CC(C)(C)C1=CC[C-]=C1.CC(C)=CC(=COc1ccccc1)C(C)(C)C.C[SiH]C.[Ti]. The van der Waals surface area contributed by atoms with E-state index in [0.29, 0.717) is 5.41 Å². The second-order valence-electron chi connectivity index (χ2n) is 9.52. The molecule has 0 N–H and O–H groups in total. The van der Waals surface area contributed by atoms with Gasteiger partial charge in [0.1, 0.15) is 5.75 Å². The van der Waals surface area contributed by atoms with E-state index in [9.17, 15) is 0 Å². The largest absolute Gasteiger partial charge is 0.465 e. The maximum Gasteiger partial charge on any atom is 0.126 e. The molecule has 0 aliphatic heterocycles. The van der Waals surface area contributed by atoms with E-state index < -0.39 is 0 Å². The molecule has 0 saturated carbocycles. The Morgan fingerprint density at radius 1 is 1.00 bits per heavy atom. The zero-order valence-electron chi connectivity index (χ0n) is 20.9. The Labute approximate surface area is 204 Å². The first-order chi connectivity index (χ1) is 13.4. The molecule has 165 valence electrons. The molecule has 0 fully saturated rings. The van der Waals surface area contributed by atoms with Crippen LogP contribution in [0.4, 0.5) is 0 Å². The summed E-state index contributed by atoms with van der Waals surface area (Å²) in [6.45, 7) is 21.9. The van der Waals surface area contributed by atoms with Gasteiger partial charge < -0.3 is 4.74 Å². The number of benzene rings is 1. The topological polar surface area (TPSA) is 9.23 Å². The summed E-state index contributed by atoms with van der Waals surface area (Å²) in [6.07, 6.45) is 12.5. The Balaban J connectivity index is 0. The molecule has 2 rings (SSSR count). The number of para-hydroxylation sites is 1. The van der Waals surface area contributed by atoms with Crippen LogP contribution in [0.25, 0.3) is 0 Å². The average molecular weight is 459 g/mol. The monoisotopic (exact) mass is 458 g/mol. The van der Waals surface area contributed by atoms with Crippen molar-refractivity contribution >= 4 is 9.52 Å². The molecule has 0 atom stereocenters. The molecule has 0 bridgehead atoms. The van der Waals surface area contributed by atoms with Gasteiger partial charge in [-0.2, -0.15) is 11.6 Å². The Hall–Kier alpha value is -1.09. The first-order valence-electron chi connectivity index (χ1n) is 10.5. The van der Waals surface area contributed by atoms with E-state index in [4.69, 9.17) is 4.74 Å². The van der Waals surface area contributed by atoms with Crippen LogP contribution < -0.4 is 4.74 Å². The van der Waals surface area contributed by atoms with Crippen molar-refractivity contribution in [3.8, 4) is 5.75 Å². The third-order valence-corrected chi connectivity index (χ3v) is 3.94. The van der Waals surface area contributed by atoms with Crippen molar-refractivity contribution in [3.05, 3.63) is 77.6 Å². The van der Waals surface area contributed by atoms with Gasteiger partial charge in [0.2, 0.25) is 0 Å². The van der Waals surface area contributed by atoms with Crippen LogP contribution in [-0.2, 0) is 21.7 Å². The summed E-state index contributed by atoms with van der Waals surface area (Å²) in [6, 6.07) is 9.84. The van der Waals surface area contributed by atoms with E-state index >= 15 is 0 Å². The van der Waals surface area contributed by atoms with Crippen LogP contribution in [0.5, 0.6) is 5.75 Å². The van der Waals surface area contributed by atoms with E-state index in [1.807, 2.05) is 36.6 Å². The smallest absolute Gasteiger partial charge is 0.126 e. The van der Waals surface area contributed by atoms with Gasteiger partial charge in [-0.05, 0) is 37.0 Å². The fourth-order valence-corrected chi connectivity index (χ4v) is 2.29.